The Morgan fingerprint density at radius 2 is 1.68 bits per heavy atom. The standard InChI is InChI=1S/C17H23NO/c1-11(2)12-3-5-13(6-4-12)17(19)14-9-15-7-8-16(10-14)18-15/h3-6,11,14-16,18H,7-10H2,1-2H3. The lowest BCUT2D eigenvalue weighted by molar-refractivity contribution is 0.0875. The number of ketones is 1. The first-order chi connectivity index (χ1) is 9.13. The van der Waals surface area contributed by atoms with Gasteiger partial charge in [-0.05, 0) is 37.2 Å². The van der Waals surface area contributed by atoms with Crippen molar-refractivity contribution in [2.45, 2.75) is 57.5 Å². The highest BCUT2D eigenvalue weighted by Crippen LogP contribution is 2.33. The van der Waals surface area contributed by atoms with Crippen LogP contribution < -0.4 is 5.32 Å². The number of carbonyl (C=O) groups is 1. The van der Waals surface area contributed by atoms with E-state index in [-0.39, 0.29) is 5.92 Å². The van der Waals surface area contributed by atoms with Crippen molar-refractivity contribution in [3.63, 3.8) is 0 Å². The topological polar surface area (TPSA) is 29.1 Å². The van der Waals surface area contributed by atoms with Gasteiger partial charge in [0.2, 0.25) is 0 Å². The molecule has 1 N–H and O–H groups in total. The van der Waals surface area contributed by atoms with Crippen molar-refractivity contribution in [2.24, 2.45) is 5.92 Å². The molecule has 1 aromatic rings. The Bertz CT molecular complexity index is 451. The van der Waals surface area contributed by atoms with Gasteiger partial charge in [0.05, 0.1) is 0 Å². The second-order valence-corrected chi connectivity index (χ2v) is 6.45. The largest absolute Gasteiger partial charge is 0.311 e. The molecule has 0 aliphatic carbocycles. The van der Waals surface area contributed by atoms with Gasteiger partial charge < -0.3 is 5.32 Å². The average Bonchev–Trinajstić information content (AvgIpc) is 2.76. The molecule has 3 rings (SSSR count). The van der Waals surface area contributed by atoms with Gasteiger partial charge in [0.15, 0.2) is 5.78 Å². The van der Waals surface area contributed by atoms with Gasteiger partial charge in [-0.2, -0.15) is 0 Å². The molecular weight excluding hydrogens is 234 g/mol. The Morgan fingerprint density at radius 3 is 2.21 bits per heavy atom. The molecule has 0 saturated carbocycles. The van der Waals surface area contributed by atoms with Crippen LogP contribution in [-0.2, 0) is 0 Å². The van der Waals surface area contributed by atoms with E-state index in [9.17, 15) is 4.79 Å². The molecule has 102 valence electrons. The number of rotatable bonds is 3. The number of hydrogen-bond donors (Lipinski definition) is 1. The highest BCUT2D eigenvalue weighted by molar-refractivity contribution is 5.98. The Labute approximate surface area is 115 Å². The van der Waals surface area contributed by atoms with Crippen LogP contribution in [0.5, 0.6) is 0 Å². The van der Waals surface area contributed by atoms with E-state index in [1.54, 1.807) is 0 Å². The van der Waals surface area contributed by atoms with E-state index in [4.69, 9.17) is 0 Å². The molecule has 2 aliphatic rings. The second-order valence-electron chi connectivity index (χ2n) is 6.45. The summed E-state index contributed by atoms with van der Waals surface area (Å²) in [5.41, 5.74) is 2.21. The highest BCUT2D eigenvalue weighted by atomic mass is 16.1. The van der Waals surface area contributed by atoms with E-state index in [0.29, 0.717) is 23.8 Å². The normalized spacial score (nSPS) is 29.7. The zero-order chi connectivity index (χ0) is 13.4. The van der Waals surface area contributed by atoms with E-state index in [0.717, 1.165) is 18.4 Å². The van der Waals surface area contributed by atoms with Gasteiger partial charge >= 0.3 is 0 Å². The van der Waals surface area contributed by atoms with Crippen LogP contribution >= 0.6 is 0 Å². The summed E-state index contributed by atoms with van der Waals surface area (Å²) in [6.07, 6.45) is 4.56. The molecule has 2 saturated heterocycles. The fourth-order valence-corrected chi connectivity index (χ4v) is 3.54. The molecule has 2 nitrogen and oxygen atoms in total. The van der Waals surface area contributed by atoms with Crippen molar-refractivity contribution in [1.82, 2.24) is 5.32 Å². The Morgan fingerprint density at radius 1 is 1.11 bits per heavy atom. The minimum Gasteiger partial charge on any atom is -0.311 e. The monoisotopic (exact) mass is 257 g/mol. The number of hydrogen-bond acceptors (Lipinski definition) is 2. The first-order valence-corrected chi connectivity index (χ1v) is 7.53. The van der Waals surface area contributed by atoms with Crippen LogP contribution in [0.25, 0.3) is 0 Å². The van der Waals surface area contributed by atoms with E-state index < -0.39 is 0 Å². The smallest absolute Gasteiger partial charge is 0.166 e. The van der Waals surface area contributed by atoms with Crippen molar-refractivity contribution >= 4 is 5.78 Å². The maximum atomic E-state index is 12.6. The molecule has 0 amide bonds. The van der Waals surface area contributed by atoms with Crippen molar-refractivity contribution in [3.8, 4) is 0 Å². The third kappa shape index (κ3) is 2.59. The average molecular weight is 257 g/mol. The van der Waals surface area contributed by atoms with Crippen LogP contribution in [0.2, 0.25) is 0 Å². The maximum Gasteiger partial charge on any atom is 0.166 e. The first kappa shape index (κ1) is 12.9. The van der Waals surface area contributed by atoms with Crippen LogP contribution in [-0.4, -0.2) is 17.9 Å². The number of piperidine rings is 1. The molecule has 19 heavy (non-hydrogen) atoms. The molecule has 0 aromatic heterocycles. The summed E-state index contributed by atoms with van der Waals surface area (Å²) in [4.78, 5) is 12.6. The first-order valence-electron chi connectivity index (χ1n) is 7.53. The summed E-state index contributed by atoms with van der Waals surface area (Å²) in [5, 5.41) is 3.60. The summed E-state index contributed by atoms with van der Waals surface area (Å²) < 4.78 is 0. The minimum absolute atomic E-state index is 0.239. The molecular formula is C17H23NO. The van der Waals surface area contributed by atoms with Gasteiger partial charge in [0.25, 0.3) is 0 Å². The number of benzene rings is 1. The summed E-state index contributed by atoms with van der Waals surface area (Å²) >= 11 is 0. The second kappa shape index (κ2) is 5.09. The summed E-state index contributed by atoms with van der Waals surface area (Å²) in [5.74, 6) is 1.12. The van der Waals surface area contributed by atoms with Gasteiger partial charge in [-0.25, -0.2) is 0 Å². The van der Waals surface area contributed by atoms with Gasteiger partial charge in [-0.15, -0.1) is 0 Å². The van der Waals surface area contributed by atoms with Crippen molar-refractivity contribution in [1.29, 1.82) is 0 Å². The van der Waals surface area contributed by atoms with Crippen LogP contribution in [0.3, 0.4) is 0 Å². The molecule has 2 fully saturated rings. The third-order valence-electron chi connectivity index (χ3n) is 4.71. The number of carbonyl (C=O) groups excluding carboxylic acids is 1. The van der Waals surface area contributed by atoms with E-state index in [2.05, 4.69) is 31.3 Å². The van der Waals surface area contributed by atoms with Gasteiger partial charge in [-0.1, -0.05) is 38.1 Å². The molecule has 0 spiro atoms. The minimum atomic E-state index is 0.239. The van der Waals surface area contributed by atoms with Crippen LogP contribution in [0.15, 0.2) is 24.3 Å². The predicted octanol–water partition coefficient (Wildman–Crippen LogP) is 3.52. The fourth-order valence-electron chi connectivity index (χ4n) is 3.54. The van der Waals surface area contributed by atoms with Crippen LogP contribution in [0.4, 0.5) is 0 Å². The lowest BCUT2D eigenvalue weighted by Gasteiger charge is -2.28. The number of Topliss-reactive ketones (excluding diaryl/α,β-unsaturated/α-hetero) is 1. The summed E-state index contributed by atoms with van der Waals surface area (Å²) in [7, 11) is 0. The third-order valence-corrected chi connectivity index (χ3v) is 4.71. The van der Waals surface area contributed by atoms with E-state index >= 15 is 0 Å². The molecule has 1 aromatic carbocycles. The van der Waals surface area contributed by atoms with Gasteiger partial charge in [0.1, 0.15) is 0 Å². The van der Waals surface area contributed by atoms with Crippen molar-refractivity contribution in [2.75, 3.05) is 0 Å². The van der Waals surface area contributed by atoms with Crippen molar-refractivity contribution in [3.05, 3.63) is 35.4 Å². The Kier molecular flexibility index (Phi) is 3.44. The Hall–Kier alpha value is -1.15. The number of nitrogens with one attached hydrogen (secondary N) is 1. The predicted molar refractivity (Wildman–Crippen MR) is 77.5 cm³/mol. The van der Waals surface area contributed by atoms with Gasteiger partial charge in [-0.3, -0.25) is 4.79 Å². The number of fused-ring (bicyclic) bond motifs is 2. The van der Waals surface area contributed by atoms with Crippen LogP contribution in [0, 0.1) is 5.92 Å². The van der Waals surface area contributed by atoms with E-state index in [1.165, 1.54) is 18.4 Å². The highest BCUT2D eigenvalue weighted by Gasteiger charge is 2.36. The maximum absolute atomic E-state index is 12.6. The quantitative estimate of drug-likeness (QED) is 0.839. The Balaban J connectivity index is 1.73. The summed E-state index contributed by atoms with van der Waals surface area (Å²) in [6.45, 7) is 4.36. The molecule has 2 atom stereocenters. The zero-order valence-electron chi connectivity index (χ0n) is 11.9. The fraction of sp³-hybridized carbons (Fsp3) is 0.588. The lowest BCUT2D eigenvalue weighted by atomic mass is 9.85. The SMILES string of the molecule is CC(C)c1ccc(C(=O)C2CC3CCC(C2)N3)cc1. The van der Waals surface area contributed by atoms with Crippen molar-refractivity contribution < 1.29 is 4.79 Å². The zero-order valence-corrected chi connectivity index (χ0v) is 11.9. The summed E-state index contributed by atoms with van der Waals surface area (Å²) in [6, 6.07) is 9.41. The molecule has 2 unspecified atom stereocenters. The molecule has 0 radical (unpaired) electrons. The van der Waals surface area contributed by atoms with Crippen LogP contribution in [0.1, 0.15) is 61.4 Å². The molecule has 2 aliphatic heterocycles. The molecule has 2 heterocycles. The molecule has 2 bridgehead atoms. The van der Waals surface area contributed by atoms with E-state index in [1.807, 2.05) is 12.1 Å². The lowest BCUT2D eigenvalue weighted by Crippen LogP contribution is -2.40. The van der Waals surface area contributed by atoms with Gasteiger partial charge in [0, 0.05) is 23.6 Å². The molecule has 2 heteroatoms.